The van der Waals surface area contributed by atoms with Crippen LogP contribution in [0.15, 0.2) is 109 Å². The van der Waals surface area contributed by atoms with Crippen molar-refractivity contribution in [2.24, 2.45) is 0 Å². The Balaban J connectivity index is 2.12. The number of pyridine rings is 1. The van der Waals surface area contributed by atoms with E-state index in [1.165, 1.54) is 38.7 Å². The van der Waals surface area contributed by atoms with Crippen molar-refractivity contribution in [3.8, 4) is 11.3 Å². The number of rotatable bonds is 7. The van der Waals surface area contributed by atoms with Gasteiger partial charge in [0.1, 0.15) is 7.05 Å². The van der Waals surface area contributed by atoms with Crippen molar-refractivity contribution in [2.45, 2.75) is 52.0 Å². The monoisotopic (exact) mass is 462 g/mol. The molecule has 0 amide bonds. The van der Waals surface area contributed by atoms with Gasteiger partial charge in [-0.3, -0.25) is 0 Å². The van der Waals surface area contributed by atoms with E-state index >= 15 is 0 Å². The molecule has 178 valence electrons. The molecule has 1 aliphatic rings. The van der Waals surface area contributed by atoms with Crippen LogP contribution in [-0.2, 0) is 5.54 Å². The fourth-order valence-corrected chi connectivity index (χ4v) is 6.01. The van der Waals surface area contributed by atoms with Gasteiger partial charge in [0.25, 0.3) is 0 Å². The van der Waals surface area contributed by atoms with Crippen molar-refractivity contribution >= 4 is 17.0 Å². The molecule has 0 radical (unpaired) electrons. The molecule has 2 aromatic carbocycles. The minimum absolute atomic E-state index is 0.106. The number of likely N-dealkylation sites (N-methyl/N-ethyl adjacent to an activating group) is 1. The highest BCUT2D eigenvalue weighted by atomic mass is 15.1. The number of fused-ring (bicyclic) bond motifs is 5. The molecule has 0 aliphatic carbocycles. The Labute approximate surface area is 211 Å². The minimum atomic E-state index is -0.106. The van der Waals surface area contributed by atoms with Crippen molar-refractivity contribution < 1.29 is 9.14 Å². The Morgan fingerprint density at radius 3 is 2.43 bits per heavy atom. The first-order valence-corrected chi connectivity index (χ1v) is 12.7. The summed E-state index contributed by atoms with van der Waals surface area (Å²) in [7, 11) is 2.04. The SMILES string of the molecule is C=CC=[N+](C)C(=C)C(C)=C(C=CC)C1c2ccccc2-c2c3ccccc3cc[n+]2C1(CC)CC. The third-order valence-corrected chi connectivity index (χ3v) is 7.91. The Kier molecular flexibility index (Phi) is 7.03. The first-order valence-electron chi connectivity index (χ1n) is 12.7. The Hall–Kier alpha value is -3.52. The van der Waals surface area contributed by atoms with Crippen LogP contribution < -0.4 is 4.57 Å². The molecule has 2 heteroatoms. The summed E-state index contributed by atoms with van der Waals surface area (Å²) < 4.78 is 4.65. The highest BCUT2D eigenvalue weighted by Gasteiger charge is 2.53. The van der Waals surface area contributed by atoms with E-state index in [2.05, 4.69) is 123 Å². The van der Waals surface area contributed by atoms with E-state index in [-0.39, 0.29) is 11.5 Å². The Morgan fingerprint density at radius 1 is 1.06 bits per heavy atom. The molecule has 35 heavy (non-hydrogen) atoms. The summed E-state index contributed by atoms with van der Waals surface area (Å²) in [5.41, 5.74) is 7.45. The van der Waals surface area contributed by atoms with Crippen molar-refractivity contribution in [1.82, 2.24) is 0 Å². The van der Waals surface area contributed by atoms with Crippen LogP contribution in [0.2, 0.25) is 0 Å². The highest BCUT2D eigenvalue weighted by molar-refractivity contribution is 5.94. The molecule has 0 saturated heterocycles. The number of aromatic nitrogens is 1. The zero-order chi connectivity index (χ0) is 25.2. The zero-order valence-electron chi connectivity index (χ0n) is 21.9. The maximum absolute atomic E-state index is 4.46. The second kappa shape index (κ2) is 10.00. The smallest absolute Gasteiger partial charge is 0.202 e. The molecule has 4 rings (SSSR count). The third kappa shape index (κ3) is 3.91. The lowest BCUT2D eigenvalue weighted by molar-refractivity contribution is -0.760. The van der Waals surface area contributed by atoms with Gasteiger partial charge in [-0.2, -0.15) is 4.57 Å². The van der Waals surface area contributed by atoms with Crippen LogP contribution in [0.3, 0.4) is 0 Å². The van der Waals surface area contributed by atoms with E-state index in [4.69, 9.17) is 0 Å². The maximum atomic E-state index is 4.46. The van der Waals surface area contributed by atoms with E-state index in [0.29, 0.717) is 0 Å². The quantitative estimate of drug-likeness (QED) is 0.193. The number of hydrogen-bond donors (Lipinski definition) is 0. The van der Waals surface area contributed by atoms with E-state index < -0.39 is 0 Å². The molecule has 1 aliphatic heterocycles. The normalized spacial score (nSPS) is 17.6. The summed E-state index contributed by atoms with van der Waals surface area (Å²) in [5.74, 6) is 0.192. The predicted octanol–water partition coefficient (Wildman–Crippen LogP) is 7.71. The Bertz CT molecular complexity index is 1380. The van der Waals surface area contributed by atoms with E-state index in [1.54, 1.807) is 0 Å². The minimum Gasteiger partial charge on any atom is -0.202 e. The van der Waals surface area contributed by atoms with Gasteiger partial charge in [-0.05, 0) is 55.2 Å². The summed E-state index contributed by atoms with van der Waals surface area (Å²) in [5, 5.41) is 2.59. The van der Waals surface area contributed by atoms with E-state index in [1.807, 2.05) is 19.3 Å². The van der Waals surface area contributed by atoms with Crippen LogP contribution in [0, 0.1) is 0 Å². The zero-order valence-corrected chi connectivity index (χ0v) is 21.9. The standard InChI is InChI=1S/C33H38N2/c1-8-16-27(24(5)25(6)34(7)22-9-2)31-29-19-14-15-20-30(29)32-28-18-13-12-17-26(28)21-23-35(32)33(31,10-3)11-4/h8-9,12-23,31H,2,6,10-11H2,1,3-5,7H3/q+2. The summed E-state index contributed by atoms with van der Waals surface area (Å²) in [6.45, 7) is 17.3. The van der Waals surface area contributed by atoms with E-state index in [9.17, 15) is 0 Å². The number of nitrogens with zero attached hydrogens (tertiary/aromatic N) is 2. The summed E-state index contributed by atoms with van der Waals surface area (Å²) in [6.07, 6.45) is 12.6. The molecular weight excluding hydrogens is 424 g/mol. The summed E-state index contributed by atoms with van der Waals surface area (Å²) >= 11 is 0. The van der Waals surface area contributed by atoms with Gasteiger partial charge in [0.2, 0.25) is 11.4 Å². The van der Waals surface area contributed by atoms with Crippen LogP contribution in [0.4, 0.5) is 0 Å². The fraction of sp³-hybridized carbons (Fsp3) is 0.273. The van der Waals surface area contributed by atoms with Crippen molar-refractivity contribution in [3.63, 3.8) is 0 Å². The van der Waals surface area contributed by atoms with Crippen LogP contribution in [0.25, 0.3) is 22.0 Å². The molecule has 2 heterocycles. The van der Waals surface area contributed by atoms with Crippen LogP contribution in [0.5, 0.6) is 0 Å². The predicted molar refractivity (Wildman–Crippen MR) is 150 cm³/mol. The number of allylic oxidation sites excluding steroid dienone is 5. The van der Waals surface area contributed by atoms with Gasteiger partial charge in [0, 0.05) is 24.5 Å². The molecule has 2 nitrogen and oxygen atoms in total. The topological polar surface area (TPSA) is 6.89 Å². The van der Waals surface area contributed by atoms with Gasteiger partial charge in [-0.25, -0.2) is 4.58 Å². The van der Waals surface area contributed by atoms with Crippen molar-refractivity contribution in [3.05, 3.63) is 115 Å². The van der Waals surface area contributed by atoms with Gasteiger partial charge in [0.15, 0.2) is 18.0 Å². The number of benzene rings is 2. The average molecular weight is 463 g/mol. The van der Waals surface area contributed by atoms with Crippen LogP contribution in [-0.4, -0.2) is 17.8 Å². The second-order valence-corrected chi connectivity index (χ2v) is 9.48. The van der Waals surface area contributed by atoms with Gasteiger partial charge in [0.05, 0.1) is 16.9 Å². The molecule has 0 fully saturated rings. The van der Waals surface area contributed by atoms with Crippen molar-refractivity contribution in [2.75, 3.05) is 7.05 Å². The van der Waals surface area contributed by atoms with Crippen LogP contribution >= 0.6 is 0 Å². The third-order valence-electron chi connectivity index (χ3n) is 7.91. The van der Waals surface area contributed by atoms with Crippen molar-refractivity contribution in [1.29, 1.82) is 0 Å². The lowest BCUT2D eigenvalue weighted by Gasteiger charge is -2.41. The summed E-state index contributed by atoms with van der Waals surface area (Å²) in [4.78, 5) is 0. The molecule has 0 N–H and O–H groups in total. The average Bonchev–Trinajstić information content (AvgIpc) is 2.90. The molecular formula is C33H38N2+2. The first kappa shape index (κ1) is 24.6. The largest absolute Gasteiger partial charge is 0.221 e. The molecule has 0 bridgehead atoms. The van der Waals surface area contributed by atoms with Gasteiger partial charge < -0.3 is 0 Å². The lowest BCUT2D eigenvalue weighted by Crippen LogP contribution is -2.62. The highest BCUT2D eigenvalue weighted by Crippen LogP contribution is 2.51. The molecule has 1 unspecified atom stereocenters. The molecule has 3 aromatic rings. The Morgan fingerprint density at radius 2 is 1.74 bits per heavy atom. The molecule has 0 saturated carbocycles. The first-order chi connectivity index (χ1) is 16.9. The summed E-state index contributed by atoms with van der Waals surface area (Å²) in [6, 6.07) is 20.0. The van der Waals surface area contributed by atoms with Gasteiger partial charge in [-0.15, -0.1) is 0 Å². The van der Waals surface area contributed by atoms with E-state index in [0.717, 1.165) is 18.5 Å². The lowest BCUT2D eigenvalue weighted by atomic mass is 9.66. The molecule has 0 spiro atoms. The molecule has 1 atom stereocenters. The maximum Gasteiger partial charge on any atom is 0.221 e. The van der Waals surface area contributed by atoms with Gasteiger partial charge >= 0.3 is 0 Å². The second-order valence-electron chi connectivity index (χ2n) is 9.48. The van der Waals surface area contributed by atoms with Gasteiger partial charge in [-0.1, -0.05) is 69.0 Å². The molecule has 1 aromatic heterocycles. The van der Waals surface area contributed by atoms with Crippen LogP contribution in [0.1, 0.15) is 52.0 Å². The fourth-order valence-electron chi connectivity index (χ4n) is 6.01. The number of hydrogen-bond acceptors (Lipinski definition) is 0.